The van der Waals surface area contributed by atoms with Crippen LogP contribution in [0.25, 0.3) is 11.4 Å². The minimum atomic E-state index is -0.288. The van der Waals surface area contributed by atoms with Gasteiger partial charge in [0.1, 0.15) is 5.82 Å². The van der Waals surface area contributed by atoms with Crippen molar-refractivity contribution in [3.05, 3.63) is 57.9 Å². The summed E-state index contributed by atoms with van der Waals surface area (Å²) in [5, 5.41) is 17.2. The number of thiophene rings is 1. The summed E-state index contributed by atoms with van der Waals surface area (Å²) in [5.41, 5.74) is 1.16. The van der Waals surface area contributed by atoms with E-state index < -0.39 is 0 Å². The van der Waals surface area contributed by atoms with Gasteiger partial charge in [0, 0.05) is 29.0 Å². The van der Waals surface area contributed by atoms with E-state index in [1.807, 2.05) is 11.4 Å². The maximum Gasteiger partial charge on any atom is 0.227 e. The topological polar surface area (TPSA) is 93.8 Å². The molecule has 0 aliphatic rings. The van der Waals surface area contributed by atoms with E-state index in [-0.39, 0.29) is 24.6 Å². The maximum absolute atomic E-state index is 13.4. The SMILES string of the molecule is Cc1cc(-c2noc(CCC(=O)Nc3nnc(SCc4cccs4)s3)n2)ccc1F. The van der Waals surface area contributed by atoms with E-state index in [9.17, 15) is 9.18 Å². The molecule has 0 aliphatic heterocycles. The molecule has 3 heterocycles. The number of carbonyl (C=O) groups excluding carboxylic acids is 1. The number of aryl methyl sites for hydroxylation is 2. The van der Waals surface area contributed by atoms with Gasteiger partial charge in [-0.3, -0.25) is 4.79 Å². The first kappa shape index (κ1) is 20.6. The van der Waals surface area contributed by atoms with Crippen LogP contribution < -0.4 is 5.32 Å². The predicted molar refractivity (Wildman–Crippen MR) is 115 cm³/mol. The number of thioether (sulfide) groups is 1. The van der Waals surface area contributed by atoms with Gasteiger partial charge in [0.05, 0.1) is 0 Å². The van der Waals surface area contributed by atoms with Crippen molar-refractivity contribution in [3.8, 4) is 11.4 Å². The molecule has 3 aromatic heterocycles. The van der Waals surface area contributed by atoms with E-state index in [1.165, 1.54) is 22.3 Å². The highest BCUT2D eigenvalue weighted by Gasteiger charge is 2.13. The zero-order chi connectivity index (χ0) is 20.9. The van der Waals surface area contributed by atoms with Crippen molar-refractivity contribution in [1.82, 2.24) is 20.3 Å². The molecule has 7 nitrogen and oxygen atoms in total. The summed E-state index contributed by atoms with van der Waals surface area (Å²) in [5.74, 6) is 1.03. The number of nitrogens with zero attached hydrogens (tertiary/aromatic N) is 4. The summed E-state index contributed by atoms with van der Waals surface area (Å²) in [4.78, 5) is 17.7. The van der Waals surface area contributed by atoms with Gasteiger partial charge in [0.2, 0.25) is 22.8 Å². The van der Waals surface area contributed by atoms with Crippen LogP contribution in [0.2, 0.25) is 0 Å². The Balaban J connectivity index is 1.27. The van der Waals surface area contributed by atoms with E-state index in [1.54, 1.807) is 42.2 Å². The van der Waals surface area contributed by atoms with Crippen molar-refractivity contribution in [1.29, 1.82) is 0 Å². The third-order valence-electron chi connectivity index (χ3n) is 4.02. The predicted octanol–water partition coefficient (Wildman–Crippen LogP) is 4.96. The van der Waals surface area contributed by atoms with Crippen molar-refractivity contribution in [2.24, 2.45) is 0 Å². The standard InChI is InChI=1S/C19H16FN5O2S3/c1-11-9-12(4-5-14(11)20)17-22-16(27-25-17)7-6-15(26)21-18-23-24-19(30-18)29-10-13-3-2-8-28-13/h2-5,8-9H,6-7,10H2,1H3,(H,21,23,26). The number of nitrogens with one attached hydrogen (secondary N) is 1. The van der Waals surface area contributed by atoms with Crippen LogP contribution >= 0.6 is 34.4 Å². The Labute approximate surface area is 183 Å². The molecule has 1 N–H and O–H groups in total. The zero-order valence-corrected chi connectivity index (χ0v) is 18.2. The summed E-state index contributed by atoms with van der Waals surface area (Å²) < 4.78 is 19.4. The number of carbonyl (C=O) groups is 1. The van der Waals surface area contributed by atoms with E-state index in [0.29, 0.717) is 28.0 Å². The lowest BCUT2D eigenvalue weighted by atomic mass is 10.1. The molecule has 1 amide bonds. The third-order valence-corrected chi connectivity index (χ3v) is 7.10. The van der Waals surface area contributed by atoms with Crippen LogP contribution in [0.5, 0.6) is 0 Å². The van der Waals surface area contributed by atoms with E-state index in [0.717, 1.165) is 10.1 Å². The molecule has 154 valence electrons. The molecule has 0 saturated heterocycles. The lowest BCUT2D eigenvalue weighted by Crippen LogP contribution is -2.12. The third kappa shape index (κ3) is 5.29. The summed E-state index contributed by atoms with van der Waals surface area (Å²) in [6.07, 6.45) is 0.457. The van der Waals surface area contributed by atoms with Crippen molar-refractivity contribution >= 4 is 45.5 Å². The fourth-order valence-corrected chi connectivity index (χ4v) is 5.05. The molecule has 4 rings (SSSR count). The van der Waals surface area contributed by atoms with Crippen LogP contribution in [0.1, 0.15) is 22.8 Å². The molecule has 0 atom stereocenters. The summed E-state index contributed by atoms with van der Waals surface area (Å²) >= 11 is 4.62. The van der Waals surface area contributed by atoms with E-state index >= 15 is 0 Å². The number of aromatic nitrogens is 4. The largest absolute Gasteiger partial charge is 0.339 e. The van der Waals surface area contributed by atoms with Gasteiger partial charge >= 0.3 is 0 Å². The number of anilines is 1. The Bertz CT molecular complexity index is 1140. The maximum atomic E-state index is 13.4. The molecular weight excluding hydrogens is 445 g/mol. The van der Waals surface area contributed by atoms with Gasteiger partial charge in [0.25, 0.3) is 0 Å². The van der Waals surface area contributed by atoms with E-state index in [4.69, 9.17) is 4.52 Å². The number of rotatable bonds is 8. The van der Waals surface area contributed by atoms with Crippen molar-refractivity contribution < 1.29 is 13.7 Å². The molecule has 0 aliphatic carbocycles. The number of hydrogen-bond donors (Lipinski definition) is 1. The minimum Gasteiger partial charge on any atom is -0.339 e. The second-order valence-electron chi connectivity index (χ2n) is 6.27. The van der Waals surface area contributed by atoms with Gasteiger partial charge in [0.15, 0.2) is 4.34 Å². The smallest absolute Gasteiger partial charge is 0.227 e. The van der Waals surface area contributed by atoms with Crippen molar-refractivity contribution in [2.75, 3.05) is 5.32 Å². The highest BCUT2D eigenvalue weighted by atomic mass is 32.2. The van der Waals surface area contributed by atoms with Crippen LogP contribution in [0.3, 0.4) is 0 Å². The average Bonchev–Trinajstić information content (AvgIpc) is 3.49. The quantitative estimate of drug-likeness (QED) is 0.293. The number of halogens is 1. The van der Waals surface area contributed by atoms with Gasteiger partial charge in [-0.2, -0.15) is 4.98 Å². The Kier molecular flexibility index (Phi) is 6.50. The summed E-state index contributed by atoms with van der Waals surface area (Å²) in [6.45, 7) is 1.67. The fourth-order valence-electron chi connectivity index (χ4n) is 2.51. The number of amides is 1. The molecule has 0 radical (unpaired) electrons. The van der Waals surface area contributed by atoms with Gasteiger partial charge < -0.3 is 9.84 Å². The molecule has 1 aromatic carbocycles. The minimum absolute atomic E-state index is 0.168. The van der Waals surface area contributed by atoms with Gasteiger partial charge in [-0.25, -0.2) is 4.39 Å². The second kappa shape index (κ2) is 9.45. The highest BCUT2D eigenvalue weighted by molar-refractivity contribution is 8.00. The second-order valence-corrected chi connectivity index (χ2v) is 9.50. The Morgan fingerprint density at radius 1 is 1.30 bits per heavy atom. The lowest BCUT2D eigenvalue weighted by molar-refractivity contribution is -0.116. The Morgan fingerprint density at radius 3 is 3.00 bits per heavy atom. The van der Waals surface area contributed by atoms with Crippen LogP contribution in [-0.2, 0) is 17.0 Å². The first-order chi connectivity index (χ1) is 14.6. The fraction of sp³-hybridized carbons (Fsp3) is 0.211. The lowest BCUT2D eigenvalue weighted by Gasteiger charge is -1.98. The van der Waals surface area contributed by atoms with Crippen LogP contribution in [0, 0.1) is 12.7 Å². The normalized spacial score (nSPS) is 11.0. The van der Waals surface area contributed by atoms with Gasteiger partial charge in [-0.1, -0.05) is 34.3 Å². The van der Waals surface area contributed by atoms with Gasteiger partial charge in [-0.15, -0.1) is 21.5 Å². The molecule has 0 fully saturated rings. The van der Waals surface area contributed by atoms with Crippen LogP contribution in [0.15, 0.2) is 44.6 Å². The average molecular weight is 462 g/mol. The molecule has 0 saturated carbocycles. The van der Waals surface area contributed by atoms with Gasteiger partial charge in [-0.05, 0) is 42.1 Å². The zero-order valence-electron chi connectivity index (χ0n) is 15.8. The van der Waals surface area contributed by atoms with Crippen LogP contribution in [0.4, 0.5) is 9.52 Å². The monoisotopic (exact) mass is 461 g/mol. The number of benzene rings is 1. The number of hydrogen-bond acceptors (Lipinski definition) is 9. The molecule has 0 bridgehead atoms. The molecule has 0 spiro atoms. The highest BCUT2D eigenvalue weighted by Crippen LogP contribution is 2.29. The Hall–Kier alpha value is -2.63. The first-order valence-electron chi connectivity index (χ1n) is 8.94. The Morgan fingerprint density at radius 2 is 2.20 bits per heavy atom. The summed E-state index contributed by atoms with van der Waals surface area (Å²) in [6, 6.07) is 8.69. The van der Waals surface area contributed by atoms with Crippen molar-refractivity contribution in [2.45, 2.75) is 29.9 Å². The summed E-state index contributed by atoms with van der Waals surface area (Å²) in [7, 11) is 0. The van der Waals surface area contributed by atoms with Crippen molar-refractivity contribution in [3.63, 3.8) is 0 Å². The molecule has 4 aromatic rings. The molecule has 30 heavy (non-hydrogen) atoms. The molecule has 11 heteroatoms. The molecule has 0 unspecified atom stereocenters. The van der Waals surface area contributed by atoms with E-state index in [2.05, 4.69) is 31.7 Å². The molecular formula is C19H16FN5O2S3. The van der Waals surface area contributed by atoms with Crippen LogP contribution in [-0.4, -0.2) is 26.2 Å². The first-order valence-corrected chi connectivity index (χ1v) is 11.6.